The summed E-state index contributed by atoms with van der Waals surface area (Å²) in [6.07, 6.45) is 7.65. The summed E-state index contributed by atoms with van der Waals surface area (Å²) < 4.78 is 10.1. The number of Topliss-reactive ketones (excluding diaryl/α,β-unsaturated/α-hetero) is 1. The molecule has 3 rings (SSSR count). The Morgan fingerprint density at radius 3 is 2.60 bits per heavy atom. The number of rotatable bonds is 9. The fourth-order valence-corrected chi connectivity index (χ4v) is 3.57. The minimum atomic E-state index is -0.247. The van der Waals surface area contributed by atoms with Crippen LogP contribution in [0.2, 0.25) is 0 Å². The van der Waals surface area contributed by atoms with Crippen molar-refractivity contribution in [2.75, 3.05) is 14.2 Å². The number of ether oxygens (including phenoxy) is 2. The first-order valence-electron chi connectivity index (χ1n) is 9.94. The van der Waals surface area contributed by atoms with Gasteiger partial charge in [0.25, 0.3) is 0 Å². The van der Waals surface area contributed by atoms with Crippen molar-refractivity contribution in [2.45, 2.75) is 39.5 Å². The van der Waals surface area contributed by atoms with Crippen molar-refractivity contribution in [3.05, 3.63) is 64.1 Å². The number of H-pyrrole nitrogens is 2. The van der Waals surface area contributed by atoms with Crippen molar-refractivity contribution < 1.29 is 19.1 Å². The van der Waals surface area contributed by atoms with E-state index in [-0.39, 0.29) is 11.8 Å². The average Bonchev–Trinajstić information content (AvgIpc) is 3.45. The lowest BCUT2D eigenvalue weighted by Gasteiger charge is -2.03. The van der Waals surface area contributed by atoms with Crippen molar-refractivity contribution in [2.24, 2.45) is 4.99 Å². The third kappa shape index (κ3) is 4.62. The van der Waals surface area contributed by atoms with Gasteiger partial charge in [-0.3, -0.25) is 9.59 Å². The third-order valence-corrected chi connectivity index (χ3v) is 5.15. The zero-order valence-corrected chi connectivity index (χ0v) is 17.8. The number of methoxy groups -OCH3 is 2. The molecule has 7 heteroatoms. The molecule has 7 nitrogen and oxygen atoms in total. The molecule has 0 bridgehead atoms. The van der Waals surface area contributed by atoms with Crippen LogP contribution in [-0.4, -0.2) is 41.7 Å². The zero-order valence-electron chi connectivity index (χ0n) is 17.8. The van der Waals surface area contributed by atoms with Gasteiger partial charge in [0.2, 0.25) is 0 Å². The molecule has 0 atom stereocenters. The van der Waals surface area contributed by atoms with Crippen molar-refractivity contribution >= 4 is 23.5 Å². The first-order chi connectivity index (χ1) is 14.4. The molecule has 2 N–H and O–H groups in total. The topological polar surface area (TPSA) is 96.5 Å². The van der Waals surface area contributed by atoms with E-state index < -0.39 is 0 Å². The van der Waals surface area contributed by atoms with E-state index in [1.807, 2.05) is 44.3 Å². The Hall–Kier alpha value is -3.35. The fraction of sp³-hybridized carbons (Fsp3) is 0.348. The monoisotopic (exact) mass is 409 g/mol. The number of unbranched alkanes of at least 4 members (excludes halogenated alkanes) is 1. The number of ketones is 1. The molecule has 0 radical (unpaired) electrons. The summed E-state index contributed by atoms with van der Waals surface area (Å²) >= 11 is 0. The Kier molecular flexibility index (Phi) is 6.72. The van der Waals surface area contributed by atoms with E-state index in [1.165, 1.54) is 7.11 Å². The molecule has 0 spiro atoms. The largest absolute Gasteiger partial charge is 0.494 e. The molecule has 2 aromatic rings. The summed E-state index contributed by atoms with van der Waals surface area (Å²) in [4.78, 5) is 35.1. The standard InChI is InChI=1S/C23H27N3O4/c1-14-17(12-19-21(29-3)13-18(26-19)16-8-7-11-24-16)25-15(2)23(14)20(27)9-5-6-10-22(28)30-4/h7-8,11-13,24-25H,5-6,9-10H2,1-4H3/b19-12-. The average molecular weight is 409 g/mol. The van der Waals surface area contributed by atoms with Crippen molar-refractivity contribution in [1.29, 1.82) is 0 Å². The van der Waals surface area contributed by atoms with Crippen molar-refractivity contribution in [3.63, 3.8) is 0 Å². The molecule has 1 aliphatic heterocycles. The van der Waals surface area contributed by atoms with Gasteiger partial charge in [0.15, 0.2) is 5.78 Å². The van der Waals surface area contributed by atoms with Gasteiger partial charge in [0, 0.05) is 42.1 Å². The number of esters is 1. The van der Waals surface area contributed by atoms with E-state index in [4.69, 9.17) is 4.74 Å². The van der Waals surface area contributed by atoms with Gasteiger partial charge in [-0.05, 0) is 50.5 Å². The Morgan fingerprint density at radius 1 is 1.17 bits per heavy atom. The molecule has 0 aliphatic carbocycles. The van der Waals surface area contributed by atoms with Crippen molar-refractivity contribution in [1.82, 2.24) is 9.97 Å². The van der Waals surface area contributed by atoms with Gasteiger partial charge in [0.05, 0.1) is 25.6 Å². The van der Waals surface area contributed by atoms with Crippen LogP contribution in [0.3, 0.4) is 0 Å². The predicted molar refractivity (Wildman–Crippen MR) is 115 cm³/mol. The highest BCUT2D eigenvalue weighted by Crippen LogP contribution is 2.28. The second-order valence-electron chi connectivity index (χ2n) is 7.19. The summed E-state index contributed by atoms with van der Waals surface area (Å²) in [5, 5.41) is 0. The van der Waals surface area contributed by atoms with Crippen LogP contribution in [-0.2, 0) is 14.3 Å². The number of nitrogens with one attached hydrogen (secondary N) is 2. The van der Waals surface area contributed by atoms with Crippen LogP contribution in [0.25, 0.3) is 6.08 Å². The van der Waals surface area contributed by atoms with Crippen LogP contribution in [0, 0.1) is 13.8 Å². The molecule has 2 aromatic heterocycles. The SMILES string of the molecule is COC(=O)CCCCC(=O)c1c(C)[nH]c(/C=C2\N=C(c3ccc[nH]3)C=C2OC)c1C. The molecule has 0 fully saturated rings. The maximum atomic E-state index is 12.8. The predicted octanol–water partition coefficient (Wildman–Crippen LogP) is 4.25. The lowest BCUT2D eigenvalue weighted by Crippen LogP contribution is -2.04. The normalized spacial score (nSPS) is 14.6. The number of carbonyl (C=O) groups is 2. The minimum absolute atomic E-state index is 0.0697. The highest BCUT2D eigenvalue weighted by atomic mass is 16.5. The Morgan fingerprint density at radius 2 is 1.93 bits per heavy atom. The highest BCUT2D eigenvalue weighted by Gasteiger charge is 2.21. The maximum Gasteiger partial charge on any atom is 0.305 e. The van der Waals surface area contributed by atoms with Gasteiger partial charge in [-0.2, -0.15) is 0 Å². The summed E-state index contributed by atoms with van der Waals surface area (Å²) in [7, 11) is 2.98. The molecular formula is C23H27N3O4. The molecule has 30 heavy (non-hydrogen) atoms. The van der Waals surface area contributed by atoms with Crippen LogP contribution in [0.4, 0.5) is 0 Å². The van der Waals surface area contributed by atoms with Gasteiger partial charge in [0.1, 0.15) is 11.5 Å². The first-order valence-corrected chi connectivity index (χ1v) is 9.94. The summed E-state index contributed by atoms with van der Waals surface area (Å²) in [5.41, 5.74) is 5.66. The number of aryl methyl sites for hydroxylation is 1. The van der Waals surface area contributed by atoms with Gasteiger partial charge >= 0.3 is 5.97 Å². The van der Waals surface area contributed by atoms with E-state index >= 15 is 0 Å². The van der Waals surface area contributed by atoms with E-state index in [2.05, 4.69) is 19.7 Å². The first kappa shape index (κ1) is 21.4. The number of hydrogen-bond donors (Lipinski definition) is 2. The highest BCUT2D eigenvalue weighted by molar-refractivity contribution is 6.11. The molecule has 1 aliphatic rings. The number of aliphatic imine (C=N–C) groups is 1. The van der Waals surface area contributed by atoms with Gasteiger partial charge in [-0.1, -0.05) is 0 Å². The molecule has 158 valence electrons. The van der Waals surface area contributed by atoms with Crippen LogP contribution in [0.5, 0.6) is 0 Å². The quantitative estimate of drug-likeness (QED) is 0.368. The second-order valence-corrected chi connectivity index (χ2v) is 7.19. The zero-order chi connectivity index (χ0) is 21.7. The molecule has 0 unspecified atom stereocenters. The molecule has 0 saturated carbocycles. The lowest BCUT2D eigenvalue weighted by atomic mass is 10.0. The van der Waals surface area contributed by atoms with Gasteiger partial charge in [-0.15, -0.1) is 0 Å². The number of hydrogen-bond acceptors (Lipinski definition) is 5. The van der Waals surface area contributed by atoms with Crippen LogP contribution in [0.15, 0.2) is 40.9 Å². The van der Waals surface area contributed by atoms with Crippen LogP contribution >= 0.6 is 0 Å². The van der Waals surface area contributed by atoms with Gasteiger partial charge < -0.3 is 19.4 Å². The Balaban J connectivity index is 1.77. The van der Waals surface area contributed by atoms with Crippen LogP contribution in [0.1, 0.15) is 58.7 Å². The van der Waals surface area contributed by atoms with Gasteiger partial charge in [-0.25, -0.2) is 4.99 Å². The van der Waals surface area contributed by atoms with E-state index in [1.54, 1.807) is 7.11 Å². The molecule has 0 amide bonds. The molecule has 0 saturated heterocycles. The second kappa shape index (κ2) is 9.43. The fourth-order valence-electron chi connectivity index (χ4n) is 3.57. The summed E-state index contributed by atoms with van der Waals surface area (Å²) in [6, 6.07) is 3.87. The van der Waals surface area contributed by atoms with E-state index in [9.17, 15) is 9.59 Å². The van der Waals surface area contributed by atoms with E-state index in [0.29, 0.717) is 42.7 Å². The van der Waals surface area contributed by atoms with Crippen molar-refractivity contribution in [3.8, 4) is 0 Å². The summed E-state index contributed by atoms with van der Waals surface area (Å²) in [6.45, 7) is 3.82. The van der Waals surface area contributed by atoms with E-state index in [0.717, 1.165) is 28.4 Å². The molecule has 3 heterocycles. The molecular weight excluding hydrogens is 382 g/mol. The Bertz CT molecular complexity index is 1020. The number of aromatic nitrogens is 2. The number of nitrogens with zero attached hydrogens (tertiary/aromatic N) is 1. The minimum Gasteiger partial charge on any atom is -0.494 e. The third-order valence-electron chi connectivity index (χ3n) is 5.15. The summed E-state index contributed by atoms with van der Waals surface area (Å²) in [5.74, 6) is 0.491. The maximum absolute atomic E-state index is 12.8. The molecule has 0 aromatic carbocycles. The lowest BCUT2D eigenvalue weighted by molar-refractivity contribution is -0.140. The number of carbonyl (C=O) groups excluding carboxylic acids is 2. The smallest absolute Gasteiger partial charge is 0.305 e. The van der Waals surface area contributed by atoms with Crippen LogP contribution < -0.4 is 0 Å². The Labute approximate surface area is 175 Å². The number of aromatic amines is 2. The number of allylic oxidation sites excluding steroid dienone is 1.